The van der Waals surface area contributed by atoms with Crippen LogP contribution in [0.1, 0.15) is 0 Å². The fourth-order valence-electron chi connectivity index (χ4n) is 0. The molecule has 0 amide bonds. The number of hydrogen-bond acceptors (Lipinski definition) is 0. The third kappa shape index (κ3) is 23.3. The zero-order chi connectivity index (χ0) is 0. The molecule has 0 fully saturated rings. The summed E-state index contributed by atoms with van der Waals surface area (Å²) in [5.41, 5.74) is 0. The van der Waals surface area contributed by atoms with E-state index in [0.717, 1.165) is 0 Å². The van der Waals surface area contributed by atoms with Crippen LogP contribution in [-0.4, -0.2) is 293 Å². The molecule has 0 rings (SSSR count). The van der Waals surface area contributed by atoms with Gasteiger partial charge in [-0.25, -0.2) is 0 Å². The summed E-state index contributed by atoms with van der Waals surface area (Å²) in [7, 11) is 0. The Balaban J connectivity index is 0. The summed E-state index contributed by atoms with van der Waals surface area (Å²) in [6.45, 7) is 0. The van der Waals surface area contributed by atoms with Crippen molar-refractivity contribution in [2.24, 2.45) is 0 Å². The van der Waals surface area contributed by atoms with Gasteiger partial charge >= 0.3 is 293 Å². The Morgan fingerprint density at radius 1 is 0.167 bits per heavy atom. The van der Waals surface area contributed by atoms with Crippen molar-refractivity contribution in [2.45, 2.75) is 0 Å². The molecular weight excluding hydrogens is 824 g/mol. The van der Waals surface area contributed by atoms with Gasteiger partial charge in [0, 0.05) is 0 Å². The van der Waals surface area contributed by atoms with Crippen LogP contribution in [0, 0.1) is 0 Å². The summed E-state index contributed by atoms with van der Waals surface area (Å²) in [4.78, 5) is 0. The molecule has 0 spiro atoms. The van der Waals surface area contributed by atoms with E-state index in [4.69, 9.17) is 0 Å². The van der Waals surface area contributed by atoms with Crippen LogP contribution in [0.3, 0.4) is 0 Å². The Morgan fingerprint density at radius 2 is 0.167 bits per heavy atom. The van der Waals surface area contributed by atoms with Gasteiger partial charge in [0.15, 0.2) is 0 Å². The molecule has 0 N–H and O–H groups in total. The standard InChI is InChI=1S/6Ba.12H. The normalized spacial score (nSPS) is 0. The molecule has 0 nitrogen and oxygen atoms in total. The first-order valence-corrected chi connectivity index (χ1v) is 0. The van der Waals surface area contributed by atoms with Crippen molar-refractivity contribution in [3.63, 3.8) is 0 Å². The summed E-state index contributed by atoms with van der Waals surface area (Å²) in [6, 6.07) is 0. The van der Waals surface area contributed by atoms with E-state index in [2.05, 4.69) is 0 Å². The molecule has 6 heteroatoms. The minimum atomic E-state index is 0. The SMILES string of the molecule is [BaH2].[BaH2].[BaH2].[BaH2].[BaH2].[BaH2]. The molecule has 0 aromatic heterocycles. The third-order valence-electron chi connectivity index (χ3n) is 0. The molecule has 0 saturated carbocycles. The van der Waals surface area contributed by atoms with Crippen molar-refractivity contribution in [3.05, 3.63) is 0 Å². The van der Waals surface area contributed by atoms with Gasteiger partial charge in [-0.2, -0.15) is 0 Å². The molecule has 0 aliphatic carbocycles. The van der Waals surface area contributed by atoms with E-state index in [1.807, 2.05) is 0 Å². The second kappa shape index (κ2) is 29.3. The second-order valence-electron chi connectivity index (χ2n) is 0. The van der Waals surface area contributed by atoms with Crippen molar-refractivity contribution in [2.75, 3.05) is 0 Å². The van der Waals surface area contributed by atoms with E-state index < -0.39 is 0 Å². The molecule has 24 valence electrons. The first-order chi connectivity index (χ1) is 0. The Bertz CT molecular complexity index is 0. The summed E-state index contributed by atoms with van der Waals surface area (Å²) < 4.78 is 0. The maximum atomic E-state index is 0. The average Bonchev–Trinajstić information content (AvgIpc) is 0. The third-order valence-corrected chi connectivity index (χ3v) is 0. The van der Waals surface area contributed by atoms with Gasteiger partial charge in [0.05, 0.1) is 0 Å². The van der Waals surface area contributed by atoms with Gasteiger partial charge < -0.3 is 0 Å². The van der Waals surface area contributed by atoms with Crippen molar-refractivity contribution >= 4 is 293 Å². The monoisotopic (exact) mass is 840 g/mol. The van der Waals surface area contributed by atoms with Gasteiger partial charge in [-0.1, -0.05) is 0 Å². The van der Waals surface area contributed by atoms with Crippen LogP contribution in [0.25, 0.3) is 0 Å². The van der Waals surface area contributed by atoms with E-state index >= 15 is 0 Å². The molecular formula is H12Ba6. The van der Waals surface area contributed by atoms with Gasteiger partial charge in [0.1, 0.15) is 0 Å². The van der Waals surface area contributed by atoms with E-state index in [0.29, 0.717) is 0 Å². The molecule has 0 aliphatic rings. The molecule has 0 atom stereocenters. The number of rotatable bonds is 0. The molecule has 6 heavy (non-hydrogen) atoms. The van der Waals surface area contributed by atoms with Crippen LogP contribution in [0.4, 0.5) is 0 Å². The Morgan fingerprint density at radius 3 is 0.167 bits per heavy atom. The summed E-state index contributed by atoms with van der Waals surface area (Å²) in [6.07, 6.45) is 0. The minimum absolute atomic E-state index is 0. The van der Waals surface area contributed by atoms with E-state index in [9.17, 15) is 0 Å². The van der Waals surface area contributed by atoms with Crippen molar-refractivity contribution < 1.29 is 0 Å². The first-order valence-electron chi connectivity index (χ1n) is 0. The van der Waals surface area contributed by atoms with E-state index in [-0.39, 0.29) is 293 Å². The van der Waals surface area contributed by atoms with Gasteiger partial charge in [-0.15, -0.1) is 0 Å². The van der Waals surface area contributed by atoms with Gasteiger partial charge in [0.25, 0.3) is 0 Å². The molecule has 0 unspecified atom stereocenters. The van der Waals surface area contributed by atoms with E-state index in [1.165, 1.54) is 0 Å². The summed E-state index contributed by atoms with van der Waals surface area (Å²) >= 11 is 0. The van der Waals surface area contributed by atoms with Gasteiger partial charge in [0.2, 0.25) is 0 Å². The molecule has 0 saturated heterocycles. The van der Waals surface area contributed by atoms with Crippen molar-refractivity contribution in [1.29, 1.82) is 0 Å². The van der Waals surface area contributed by atoms with Crippen molar-refractivity contribution in [3.8, 4) is 0 Å². The van der Waals surface area contributed by atoms with Crippen LogP contribution in [0.5, 0.6) is 0 Å². The summed E-state index contributed by atoms with van der Waals surface area (Å²) in [5, 5.41) is 0. The van der Waals surface area contributed by atoms with E-state index in [1.54, 1.807) is 0 Å². The van der Waals surface area contributed by atoms with Crippen LogP contribution < -0.4 is 0 Å². The fourth-order valence-corrected chi connectivity index (χ4v) is 0. The quantitative estimate of drug-likeness (QED) is 0.214. The summed E-state index contributed by atoms with van der Waals surface area (Å²) in [5.74, 6) is 0. The second-order valence-corrected chi connectivity index (χ2v) is 0. The van der Waals surface area contributed by atoms with Crippen LogP contribution in [0.2, 0.25) is 0 Å². The maximum absolute atomic E-state index is 0. The Hall–Kier alpha value is 9.43. The van der Waals surface area contributed by atoms with Crippen LogP contribution in [0.15, 0.2) is 0 Å². The predicted octanol–water partition coefficient (Wildman–Crippen LogP) is -5.50. The van der Waals surface area contributed by atoms with Crippen LogP contribution >= 0.6 is 0 Å². The molecule has 0 aromatic carbocycles. The van der Waals surface area contributed by atoms with Crippen LogP contribution in [-0.2, 0) is 0 Å². The molecule has 0 aromatic rings. The Labute approximate surface area is 281 Å². The molecule has 0 bridgehead atoms. The first kappa shape index (κ1) is 36.1. The zero-order valence-corrected chi connectivity index (χ0v) is 0. The average molecular weight is 836 g/mol. The topological polar surface area (TPSA) is 0 Å². The Kier molecular flexibility index (Phi) is 176. The van der Waals surface area contributed by atoms with Crippen molar-refractivity contribution in [1.82, 2.24) is 0 Å². The zero-order valence-electron chi connectivity index (χ0n) is 0. The molecule has 0 aliphatic heterocycles. The molecule has 0 heterocycles. The number of hydrogen-bond donors (Lipinski definition) is 0. The van der Waals surface area contributed by atoms with Gasteiger partial charge in [-0.3, -0.25) is 0 Å². The molecule has 0 radical (unpaired) electrons. The predicted molar refractivity (Wildman–Crippen MR) is 51.3 cm³/mol. The fraction of sp³-hybridized carbons (Fsp3) is 0. The van der Waals surface area contributed by atoms with Gasteiger partial charge in [-0.05, 0) is 0 Å².